The Kier molecular flexibility index (Phi) is 13.2. The normalized spacial score (nSPS) is 11.2. The molecule has 5 rings (SSSR count). The van der Waals surface area contributed by atoms with Gasteiger partial charge in [-0.25, -0.2) is 28.4 Å². The summed E-state index contributed by atoms with van der Waals surface area (Å²) in [5.74, 6) is -3.46. The molecule has 0 N–H and O–H groups in total. The van der Waals surface area contributed by atoms with Crippen molar-refractivity contribution in [2.75, 3.05) is 0 Å². The highest BCUT2D eigenvalue weighted by Gasteiger charge is 2.19. The molecule has 0 aromatic heterocycles. The fraction of sp³-hybridized carbons (Fsp3) is 0.0426. The smallest absolute Gasteiger partial charge is 0.339 e. The third kappa shape index (κ3) is 10.0. The van der Waals surface area contributed by atoms with Crippen molar-refractivity contribution >= 4 is 58.3 Å². The molecule has 10 nitrogen and oxygen atoms in total. The zero-order valence-electron chi connectivity index (χ0n) is 31.4. The van der Waals surface area contributed by atoms with E-state index < -0.39 is 35.7 Å². The summed E-state index contributed by atoms with van der Waals surface area (Å²) in [5.41, 5.74) is 2.83. The summed E-state index contributed by atoms with van der Waals surface area (Å²) in [6.45, 7) is 16.9. The summed E-state index contributed by atoms with van der Waals surface area (Å²) in [7, 11) is 0. The van der Waals surface area contributed by atoms with Gasteiger partial charge in [0.2, 0.25) is 0 Å². The number of rotatable bonds is 14. The molecule has 0 aliphatic carbocycles. The molecule has 0 atom stereocenters. The van der Waals surface area contributed by atoms with Gasteiger partial charge in [0, 0.05) is 52.5 Å². The van der Waals surface area contributed by atoms with Crippen molar-refractivity contribution in [3.05, 3.63) is 170 Å². The Morgan fingerprint density at radius 3 is 1.81 bits per heavy atom. The molecule has 0 radical (unpaired) electrons. The molecular formula is C47H35FO10. The van der Waals surface area contributed by atoms with Crippen LogP contribution >= 0.6 is 0 Å². The number of halogens is 1. The Hall–Kier alpha value is -7.92. The average molecular weight is 779 g/mol. The van der Waals surface area contributed by atoms with Crippen molar-refractivity contribution < 1.29 is 52.0 Å². The Morgan fingerprint density at radius 1 is 0.552 bits per heavy atom. The van der Waals surface area contributed by atoms with Gasteiger partial charge < -0.3 is 23.7 Å². The Morgan fingerprint density at radius 2 is 1.16 bits per heavy atom. The molecule has 0 unspecified atom stereocenters. The molecule has 0 heterocycles. The second-order valence-electron chi connectivity index (χ2n) is 12.3. The highest BCUT2D eigenvalue weighted by molar-refractivity contribution is 6.05. The fourth-order valence-electron chi connectivity index (χ4n) is 5.52. The molecular weight excluding hydrogens is 744 g/mol. The average Bonchev–Trinajstić information content (AvgIpc) is 3.22. The minimum absolute atomic E-state index is 0.0765. The molecule has 0 bridgehead atoms. The van der Waals surface area contributed by atoms with Gasteiger partial charge in [-0.3, -0.25) is 0 Å². The zero-order chi connectivity index (χ0) is 41.9. The first-order valence-electron chi connectivity index (χ1n) is 17.4. The monoisotopic (exact) mass is 778 g/mol. The first-order valence-corrected chi connectivity index (χ1v) is 17.4. The van der Waals surface area contributed by atoms with Crippen LogP contribution in [0.3, 0.4) is 0 Å². The van der Waals surface area contributed by atoms with Crippen LogP contribution in [0.25, 0.3) is 39.6 Å². The van der Waals surface area contributed by atoms with Crippen LogP contribution < -0.4 is 23.7 Å². The van der Waals surface area contributed by atoms with Crippen molar-refractivity contribution in [3.8, 4) is 39.9 Å². The maximum Gasteiger partial charge on any atom is 0.339 e. The zero-order valence-corrected chi connectivity index (χ0v) is 31.4. The Labute approximate surface area is 333 Å². The number of hydrogen-bond acceptors (Lipinski definition) is 10. The summed E-state index contributed by atoms with van der Waals surface area (Å²) >= 11 is 0. The molecule has 0 spiro atoms. The predicted molar refractivity (Wildman–Crippen MR) is 218 cm³/mol. The predicted octanol–water partition coefficient (Wildman–Crippen LogP) is 9.58. The lowest BCUT2D eigenvalue weighted by Gasteiger charge is -2.15. The molecule has 0 saturated heterocycles. The largest absolute Gasteiger partial charge is 0.423 e. The van der Waals surface area contributed by atoms with E-state index >= 15 is 4.39 Å². The van der Waals surface area contributed by atoms with Crippen LogP contribution in [0.15, 0.2) is 147 Å². The molecule has 290 valence electrons. The van der Waals surface area contributed by atoms with E-state index in [0.29, 0.717) is 44.3 Å². The van der Waals surface area contributed by atoms with E-state index in [0.717, 1.165) is 30.4 Å². The van der Waals surface area contributed by atoms with Gasteiger partial charge in [0.05, 0.1) is 0 Å². The molecule has 11 heteroatoms. The van der Waals surface area contributed by atoms with Gasteiger partial charge in [0.25, 0.3) is 0 Å². The second-order valence-corrected chi connectivity index (χ2v) is 12.3. The van der Waals surface area contributed by atoms with E-state index in [1.165, 1.54) is 31.2 Å². The lowest BCUT2D eigenvalue weighted by atomic mass is 9.95. The number of benzene rings is 5. The molecule has 0 fully saturated rings. The van der Waals surface area contributed by atoms with Crippen LogP contribution in [-0.2, 0) is 24.0 Å². The lowest BCUT2D eigenvalue weighted by Crippen LogP contribution is -2.11. The second kappa shape index (κ2) is 18.6. The number of hydrogen-bond donors (Lipinski definition) is 0. The van der Waals surface area contributed by atoms with Crippen LogP contribution in [-0.4, -0.2) is 29.8 Å². The first-order chi connectivity index (χ1) is 27.8. The van der Waals surface area contributed by atoms with E-state index in [-0.39, 0.29) is 34.1 Å². The maximum absolute atomic E-state index is 15.7. The number of carbonyl (C=O) groups is 5. The summed E-state index contributed by atoms with van der Waals surface area (Å²) < 4.78 is 42.7. The molecule has 5 aromatic rings. The van der Waals surface area contributed by atoms with Gasteiger partial charge in [-0.15, -0.1) is 0 Å². The fourth-order valence-corrected chi connectivity index (χ4v) is 5.52. The molecule has 58 heavy (non-hydrogen) atoms. The van der Waals surface area contributed by atoms with Crippen LogP contribution in [0.5, 0.6) is 28.7 Å². The third-order valence-electron chi connectivity index (χ3n) is 8.53. The number of fused-ring (bicyclic) bond motifs is 1. The van der Waals surface area contributed by atoms with E-state index in [1.54, 1.807) is 79.7 Å². The lowest BCUT2D eigenvalue weighted by molar-refractivity contribution is -0.130. The van der Waals surface area contributed by atoms with E-state index in [2.05, 4.69) is 26.3 Å². The number of carbonyl (C=O) groups excluding carboxylic acids is 5. The van der Waals surface area contributed by atoms with Crippen molar-refractivity contribution in [1.29, 1.82) is 0 Å². The van der Waals surface area contributed by atoms with Crippen molar-refractivity contribution in [2.24, 2.45) is 0 Å². The SMILES string of the molecule is C=CC(=O)Oc1cccc(C=Cc2ccc(-c3ccc(OC(=O)C(C)=C(C)c4ccc(OC(=O)C=C)c5ccc(OC(=O)C=C)cc45)cc3F)cc2OC(=O)C=C)c1. The van der Waals surface area contributed by atoms with Crippen LogP contribution in [0.2, 0.25) is 0 Å². The standard InChI is InChI=1S/C47H35FO10/c1-7-43(49)54-33-13-11-12-30(24-33)14-15-31-16-17-32(25-42(31)58-46(52)10-4)37-20-18-35(27-40(37)48)56-47(53)29(6)28(5)36-22-23-41(57-45(51)9-3)38-21-19-34(26-39(36)38)55-44(50)8-2/h7-27H,1-4H2,5-6H3. The van der Waals surface area contributed by atoms with Gasteiger partial charge in [0.15, 0.2) is 0 Å². The van der Waals surface area contributed by atoms with Gasteiger partial charge in [-0.2, -0.15) is 0 Å². The van der Waals surface area contributed by atoms with Crippen LogP contribution in [0.1, 0.15) is 30.5 Å². The summed E-state index contributed by atoms with van der Waals surface area (Å²) in [5, 5.41) is 0.971. The number of ether oxygens (including phenoxy) is 5. The van der Waals surface area contributed by atoms with Crippen molar-refractivity contribution in [1.82, 2.24) is 0 Å². The van der Waals surface area contributed by atoms with E-state index in [4.69, 9.17) is 23.7 Å². The van der Waals surface area contributed by atoms with Gasteiger partial charge in [-0.05, 0) is 96.1 Å². The van der Waals surface area contributed by atoms with Crippen LogP contribution in [0, 0.1) is 5.82 Å². The Balaban J connectivity index is 1.42. The van der Waals surface area contributed by atoms with Crippen LogP contribution in [0.4, 0.5) is 4.39 Å². The molecule has 0 aliphatic heterocycles. The Bertz CT molecular complexity index is 2590. The van der Waals surface area contributed by atoms with E-state index in [1.807, 2.05) is 0 Å². The number of esters is 5. The minimum atomic E-state index is -0.770. The molecule has 5 aromatic carbocycles. The van der Waals surface area contributed by atoms with Gasteiger partial charge in [-0.1, -0.05) is 68.8 Å². The third-order valence-corrected chi connectivity index (χ3v) is 8.53. The molecule has 0 amide bonds. The summed E-state index contributed by atoms with van der Waals surface area (Å²) in [6.07, 6.45) is 7.46. The molecule has 0 aliphatic rings. The van der Waals surface area contributed by atoms with Crippen molar-refractivity contribution in [2.45, 2.75) is 13.8 Å². The first kappa shape index (κ1) is 41.2. The summed E-state index contributed by atoms with van der Waals surface area (Å²) in [4.78, 5) is 61.2. The topological polar surface area (TPSA) is 132 Å². The quantitative estimate of drug-likeness (QED) is 0.0465. The maximum atomic E-state index is 15.7. The number of allylic oxidation sites excluding steroid dienone is 1. The minimum Gasteiger partial charge on any atom is -0.423 e. The summed E-state index contributed by atoms with van der Waals surface area (Å²) in [6, 6.07) is 23.3. The highest BCUT2D eigenvalue weighted by Crippen LogP contribution is 2.37. The van der Waals surface area contributed by atoms with Crippen molar-refractivity contribution in [3.63, 3.8) is 0 Å². The highest BCUT2D eigenvalue weighted by atomic mass is 19.1. The van der Waals surface area contributed by atoms with E-state index in [9.17, 15) is 24.0 Å². The van der Waals surface area contributed by atoms with Gasteiger partial charge in [0.1, 0.15) is 34.6 Å². The van der Waals surface area contributed by atoms with Gasteiger partial charge >= 0.3 is 29.8 Å². The molecule has 0 saturated carbocycles.